The van der Waals surface area contributed by atoms with Gasteiger partial charge in [-0.2, -0.15) is 0 Å². The highest BCUT2D eigenvalue weighted by atomic mass is 31.2. The van der Waals surface area contributed by atoms with Crippen molar-refractivity contribution in [2.45, 2.75) is 439 Å². The second kappa shape index (κ2) is 71.3. The van der Waals surface area contributed by atoms with Gasteiger partial charge in [0.25, 0.3) is 0 Å². The summed E-state index contributed by atoms with van der Waals surface area (Å²) in [5, 5.41) is 10.6. The van der Waals surface area contributed by atoms with E-state index < -0.39 is 97.5 Å². The minimum atomic E-state index is -4.96. The monoisotopic (exact) mass is 1470 g/mol. The Morgan fingerprint density at radius 2 is 0.510 bits per heavy atom. The van der Waals surface area contributed by atoms with Crippen LogP contribution in [-0.4, -0.2) is 96.7 Å². The predicted octanol–water partition coefficient (Wildman–Crippen LogP) is 24.1. The van der Waals surface area contributed by atoms with Gasteiger partial charge in [0, 0.05) is 25.7 Å². The molecule has 17 nitrogen and oxygen atoms in total. The number of rotatable bonds is 79. The maximum absolute atomic E-state index is 13.1. The van der Waals surface area contributed by atoms with E-state index in [4.69, 9.17) is 37.0 Å². The molecule has 0 heterocycles. The highest BCUT2D eigenvalue weighted by Crippen LogP contribution is 2.45. The Balaban J connectivity index is 5.27. The van der Waals surface area contributed by atoms with E-state index >= 15 is 0 Å². The fourth-order valence-corrected chi connectivity index (χ4v) is 14.0. The number of carbonyl (C=O) groups is 4. The maximum Gasteiger partial charge on any atom is 0.472 e. The quantitative estimate of drug-likeness (QED) is 0.0222. The summed E-state index contributed by atoms with van der Waals surface area (Å²) in [6, 6.07) is 0. The Bertz CT molecular complexity index is 1940. The predicted molar refractivity (Wildman–Crippen MR) is 409 cm³/mol. The smallest absolute Gasteiger partial charge is 0.462 e. The molecule has 0 saturated carbocycles. The molecule has 0 aromatic rings. The highest BCUT2D eigenvalue weighted by molar-refractivity contribution is 7.47. The average molecular weight is 1470 g/mol. The lowest BCUT2D eigenvalue weighted by atomic mass is 9.99. The van der Waals surface area contributed by atoms with Gasteiger partial charge in [-0.15, -0.1) is 0 Å². The standard InChI is InChI=1S/C81H158O17P2/c1-8-10-11-12-13-14-15-18-27-34-41-48-55-62-78(83)91-69-77(98-81(86)65-58-51-44-37-30-23-25-32-39-46-53-60-73(5)6)71-96-100(89,90)94-67-75(82)66-93-99(87,88)95-70-76(68-92-79(84)63-56-49-42-35-28-22-21-24-31-38-45-52-59-72(3)4)97-80(85)64-57-50-43-36-29-20-17-16-19-26-33-40-47-54-61-74(7)9-2/h72-77,82H,8-71H2,1-7H3,(H,87,88)(H,89,90)/t74?,75-,76-,77-/m1/s1. The van der Waals surface area contributed by atoms with Gasteiger partial charge in [-0.3, -0.25) is 37.3 Å². The number of phosphoric ester groups is 2. The minimum absolute atomic E-state index is 0.107. The van der Waals surface area contributed by atoms with Crippen LogP contribution in [0.15, 0.2) is 0 Å². The Morgan fingerprint density at radius 1 is 0.290 bits per heavy atom. The Morgan fingerprint density at radius 3 is 0.760 bits per heavy atom. The molecule has 594 valence electrons. The Labute approximate surface area is 613 Å². The number of aliphatic hydroxyl groups is 1. The molecule has 0 aromatic heterocycles. The normalized spacial score (nSPS) is 14.2. The molecule has 6 atom stereocenters. The van der Waals surface area contributed by atoms with Crippen LogP contribution in [0.1, 0.15) is 421 Å². The van der Waals surface area contributed by atoms with Crippen molar-refractivity contribution in [3.8, 4) is 0 Å². The number of ether oxygens (including phenoxy) is 4. The van der Waals surface area contributed by atoms with Crippen LogP contribution >= 0.6 is 15.6 Å². The zero-order valence-electron chi connectivity index (χ0n) is 65.7. The third-order valence-corrected chi connectivity index (χ3v) is 21.1. The van der Waals surface area contributed by atoms with Crippen molar-refractivity contribution < 1.29 is 80.2 Å². The minimum Gasteiger partial charge on any atom is -0.462 e. The molecule has 0 aliphatic carbocycles. The molecule has 0 amide bonds. The van der Waals surface area contributed by atoms with Gasteiger partial charge in [-0.25, -0.2) is 9.13 Å². The molecule has 0 aromatic carbocycles. The second-order valence-corrected chi connectivity index (χ2v) is 33.3. The van der Waals surface area contributed by atoms with Crippen molar-refractivity contribution in [2.75, 3.05) is 39.6 Å². The van der Waals surface area contributed by atoms with Gasteiger partial charge in [-0.1, -0.05) is 370 Å². The van der Waals surface area contributed by atoms with Crippen molar-refractivity contribution in [2.24, 2.45) is 17.8 Å². The number of aliphatic hydroxyl groups excluding tert-OH is 1. The van der Waals surface area contributed by atoms with E-state index in [0.29, 0.717) is 25.7 Å². The van der Waals surface area contributed by atoms with Crippen LogP contribution in [0, 0.1) is 17.8 Å². The van der Waals surface area contributed by atoms with E-state index in [1.807, 2.05) is 0 Å². The molecule has 0 aliphatic heterocycles. The molecule has 100 heavy (non-hydrogen) atoms. The summed E-state index contributed by atoms with van der Waals surface area (Å²) in [5.41, 5.74) is 0. The lowest BCUT2D eigenvalue weighted by Gasteiger charge is -2.21. The summed E-state index contributed by atoms with van der Waals surface area (Å²) in [6.45, 7) is 12.0. The van der Waals surface area contributed by atoms with Gasteiger partial charge in [0.15, 0.2) is 12.2 Å². The van der Waals surface area contributed by atoms with Gasteiger partial charge in [0.05, 0.1) is 26.4 Å². The van der Waals surface area contributed by atoms with Gasteiger partial charge >= 0.3 is 39.5 Å². The van der Waals surface area contributed by atoms with Crippen LogP contribution in [0.2, 0.25) is 0 Å². The molecular weight excluding hydrogens is 1310 g/mol. The summed E-state index contributed by atoms with van der Waals surface area (Å²) >= 11 is 0. The zero-order chi connectivity index (χ0) is 73.7. The van der Waals surface area contributed by atoms with Crippen LogP contribution in [0.5, 0.6) is 0 Å². The second-order valence-electron chi connectivity index (χ2n) is 30.4. The largest absolute Gasteiger partial charge is 0.472 e. The fourth-order valence-electron chi connectivity index (χ4n) is 12.5. The third kappa shape index (κ3) is 73.0. The summed E-state index contributed by atoms with van der Waals surface area (Å²) in [7, 11) is -9.92. The summed E-state index contributed by atoms with van der Waals surface area (Å²) < 4.78 is 68.8. The van der Waals surface area contributed by atoms with Gasteiger partial charge < -0.3 is 33.8 Å². The van der Waals surface area contributed by atoms with Gasteiger partial charge in [0.2, 0.25) is 0 Å². The van der Waals surface area contributed by atoms with Crippen molar-refractivity contribution in [1.29, 1.82) is 0 Å². The lowest BCUT2D eigenvalue weighted by molar-refractivity contribution is -0.161. The van der Waals surface area contributed by atoms with Crippen LogP contribution < -0.4 is 0 Å². The van der Waals surface area contributed by atoms with E-state index in [9.17, 15) is 43.2 Å². The number of unbranched alkanes of at least 4 members (excludes halogenated alkanes) is 46. The number of hydrogen-bond donors (Lipinski definition) is 3. The van der Waals surface area contributed by atoms with Crippen LogP contribution in [0.4, 0.5) is 0 Å². The van der Waals surface area contributed by atoms with Crippen molar-refractivity contribution in [1.82, 2.24) is 0 Å². The first-order chi connectivity index (χ1) is 48.3. The van der Waals surface area contributed by atoms with Crippen LogP contribution in [-0.2, 0) is 65.4 Å². The molecule has 0 rings (SSSR count). The fraction of sp³-hybridized carbons (Fsp3) is 0.951. The lowest BCUT2D eigenvalue weighted by Crippen LogP contribution is -2.30. The third-order valence-electron chi connectivity index (χ3n) is 19.2. The number of esters is 4. The SMILES string of the molecule is CCCCCCCCCCCCCCCC(=O)OC[C@H](COP(=O)(O)OC[C@H](O)COP(=O)(O)OC[C@@H](COC(=O)CCCCCCCCCCCCCCC(C)C)OC(=O)CCCCCCCCCCCCCCCCC(C)CC)OC(=O)CCCCCCCCCCCCCC(C)C. The molecule has 0 saturated heterocycles. The summed E-state index contributed by atoms with van der Waals surface area (Å²) in [6.07, 6.45) is 59.4. The van der Waals surface area contributed by atoms with Crippen molar-refractivity contribution in [3.05, 3.63) is 0 Å². The van der Waals surface area contributed by atoms with Gasteiger partial charge in [-0.05, 0) is 43.4 Å². The van der Waals surface area contributed by atoms with Gasteiger partial charge in [0.1, 0.15) is 19.3 Å². The molecule has 19 heteroatoms. The number of hydrogen-bond acceptors (Lipinski definition) is 15. The molecule has 0 fully saturated rings. The highest BCUT2D eigenvalue weighted by Gasteiger charge is 2.30. The summed E-state index contributed by atoms with van der Waals surface area (Å²) in [5.74, 6) is 0.284. The zero-order valence-corrected chi connectivity index (χ0v) is 67.5. The Kier molecular flexibility index (Phi) is 69.9. The van der Waals surface area contributed by atoms with E-state index in [0.717, 1.165) is 108 Å². The molecule has 0 aliphatic rings. The van der Waals surface area contributed by atoms with E-state index in [-0.39, 0.29) is 25.7 Å². The summed E-state index contributed by atoms with van der Waals surface area (Å²) in [4.78, 5) is 73.1. The van der Waals surface area contributed by atoms with Crippen LogP contribution in [0.25, 0.3) is 0 Å². The van der Waals surface area contributed by atoms with E-state index in [1.54, 1.807) is 0 Å². The molecule has 0 bridgehead atoms. The van der Waals surface area contributed by atoms with Crippen molar-refractivity contribution in [3.63, 3.8) is 0 Å². The molecule has 3 unspecified atom stereocenters. The van der Waals surface area contributed by atoms with E-state index in [1.165, 1.54) is 231 Å². The molecule has 0 spiro atoms. The van der Waals surface area contributed by atoms with Crippen LogP contribution in [0.3, 0.4) is 0 Å². The van der Waals surface area contributed by atoms with Crippen molar-refractivity contribution >= 4 is 39.5 Å². The number of phosphoric acid groups is 2. The number of carbonyl (C=O) groups excluding carboxylic acids is 4. The first-order valence-corrected chi connectivity index (χ1v) is 44.9. The average Bonchev–Trinajstić information content (AvgIpc) is 0.935. The maximum atomic E-state index is 13.1. The molecule has 0 radical (unpaired) electrons. The van der Waals surface area contributed by atoms with E-state index in [2.05, 4.69) is 48.5 Å². The topological polar surface area (TPSA) is 237 Å². The first-order valence-electron chi connectivity index (χ1n) is 41.9. The molecular formula is C81H158O17P2. The first kappa shape index (κ1) is 98.1. The molecule has 3 N–H and O–H groups in total. The Hall–Kier alpha value is -1.94.